The topological polar surface area (TPSA) is 40.5 Å². The van der Waals surface area contributed by atoms with Gasteiger partial charge in [-0.2, -0.15) is 0 Å². The Hall–Kier alpha value is -0.770. The van der Waals surface area contributed by atoms with Crippen molar-refractivity contribution in [2.45, 2.75) is 18.9 Å². The van der Waals surface area contributed by atoms with Crippen molar-refractivity contribution < 1.29 is 9.90 Å². The van der Waals surface area contributed by atoms with Crippen molar-refractivity contribution in [3.63, 3.8) is 0 Å². The van der Waals surface area contributed by atoms with E-state index < -0.39 is 5.60 Å². The molecular formula is C12H13Cl2NO2. The molecule has 1 N–H and O–H groups in total. The molecule has 1 aliphatic rings. The minimum absolute atomic E-state index is 0.223. The lowest BCUT2D eigenvalue weighted by molar-refractivity contribution is -0.0826. The lowest BCUT2D eigenvalue weighted by Gasteiger charge is -2.46. The number of hydrogen-bond donors (Lipinski definition) is 1. The van der Waals surface area contributed by atoms with Crippen LogP contribution in [0, 0.1) is 0 Å². The van der Waals surface area contributed by atoms with Crippen LogP contribution >= 0.6 is 23.2 Å². The zero-order valence-corrected chi connectivity index (χ0v) is 10.9. The lowest BCUT2D eigenvalue weighted by atomic mass is 9.90. The van der Waals surface area contributed by atoms with E-state index in [0.717, 1.165) is 0 Å². The Morgan fingerprint density at radius 2 is 1.94 bits per heavy atom. The van der Waals surface area contributed by atoms with Crippen LogP contribution in [0.1, 0.15) is 23.7 Å². The number of carbonyl (C=O) groups excluding carboxylic acids is 1. The van der Waals surface area contributed by atoms with Crippen LogP contribution in [0.15, 0.2) is 18.2 Å². The molecule has 0 atom stereocenters. The monoisotopic (exact) mass is 273 g/mol. The fourth-order valence-corrected chi connectivity index (χ4v) is 2.45. The van der Waals surface area contributed by atoms with E-state index >= 15 is 0 Å². The van der Waals surface area contributed by atoms with Crippen LogP contribution < -0.4 is 0 Å². The summed E-state index contributed by atoms with van der Waals surface area (Å²) in [5.74, 6) is -0.223. The van der Waals surface area contributed by atoms with Gasteiger partial charge in [-0.3, -0.25) is 4.79 Å². The molecule has 1 amide bonds. The summed E-state index contributed by atoms with van der Waals surface area (Å²) in [7, 11) is 0. The molecule has 0 radical (unpaired) electrons. The smallest absolute Gasteiger partial charge is 0.257 e. The van der Waals surface area contributed by atoms with Gasteiger partial charge in [0.1, 0.15) is 0 Å². The van der Waals surface area contributed by atoms with E-state index in [1.54, 1.807) is 23.1 Å². The van der Waals surface area contributed by atoms with Crippen LogP contribution in [0.25, 0.3) is 0 Å². The number of amides is 1. The molecule has 0 aliphatic carbocycles. The van der Waals surface area contributed by atoms with E-state index in [2.05, 4.69) is 0 Å². The Balaban J connectivity index is 2.17. The quantitative estimate of drug-likeness (QED) is 0.900. The summed E-state index contributed by atoms with van der Waals surface area (Å²) >= 11 is 11.9. The second-order valence-electron chi connectivity index (χ2n) is 4.34. The molecule has 92 valence electrons. The molecule has 0 spiro atoms. The fourth-order valence-electron chi connectivity index (χ4n) is 1.89. The minimum atomic E-state index is -0.747. The third-order valence-electron chi connectivity index (χ3n) is 3.09. The molecule has 2 rings (SSSR count). The maximum absolute atomic E-state index is 12.1. The number of benzene rings is 1. The van der Waals surface area contributed by atoms with Gasteiger partial charge in [0.2, 0.25) is 0 Å². The normalized spacial score (nSPS) is 17.8. The SMILES string of the molecule is CCC1(O)CN(C(=O)c2c(Cl)cccc2Cl)C1. The molecule has 17 heavy (non-hydrogen) atoms. The van der Waals surface area contributed by atoms with Gasteiger partial charge < -0.3 is 10.0 Å². The summed E-state index contributed by atoms with van der Waals surface area (Å²) in [6.07, 6.45) is 0.632. The largest absolute Gasteiger partial charge is 0.386 e. The number of halogens is 2. The van der Waals surface area contributed by atoms with E-state index in [9.17, 15) is 9.90 Å². The Kier molecular flexibility index (Phi) is 3.34. The summed E-state index contributed by atoms with van der Waals surface area (Å²) in [6, 6.07) is 4.96. The molecule has 1 aliphatic heterocycles. The highest BCUT2D eigenvalue weighted by Gasteiger charge is 2.42. The minimum Gasteiger partial charge on any atom is -0.386 e. The first-order valence-corrected chi connectivity index (χ1v) is 6.18. The molecule has 0 unspecified atom stereocenters. The first-order chi connectivity index (χ1) is 7.97. The van der Waals surface area contributed by atoms with Crippen LogP contribution in [-0.2, 0) is 0 Å². The third-order valence-corrected chi connectivity index (χ3v) is 3.72. The average molecular weight is 274 g/mol. The summed E-state index contributed by atoms with van der Waals surface area (Å²) in [6.45, 7) is 2.57. The molecule has 1 aromatic carbocycles. The van der Waals surface area contributed by atoms with Gasteiger partial charge >= 0.3 is 0 Å². The second-order valence-corrected chi connectivity index (χ2v) is 5.15. The van der Waals surface area contributed by atoms with Crippen molar-refractivity contribution >= 4 is 29.1 Å². The van der Waals surface area contributed by atoms with E-state index in [-0.39, 0.29) is 5.91 Å². The number of carbonyl (C=O) groups is 1. The van der Waals surface area contributed by atoms with Crippen LogP contribution in [0.3, 0.4) is 0 Å². The van der Waals surface area contributed by atoms with Crippen LogP contribution in [0.2, 0.25) is 10.0 Å². The van der Waals surface area contributed by atoms with Crippen molar-refractivity contribution in [1.29, 1.82) is 0 Å². The van der Waals surface area contributed by atoms with Crippen molar-refractivity contribution in [3.8, 4) is 0 Å². The molecule has 0 bridgehead atoms. The predicted octanol–water partition coefficient (Wildman–Crippen LogP) is 2.59. The van der Waals surface area contributed by atoms with Crippen LogP contribution in [0.4, 0.5) is 0 Å². The highest BCUT2D eigenvalue weighted by atomic mass is 35.5. The van der Waals surface area contributed by atoms with Gasteiger partial charge in [-0.25, -0.2) is 0 Å². The predicted molar refractivity (Wildman–Crippen MR) is 67.6 cm³/mol. The molecule has 0 saturated carbocycles. The molecule has 5 heteroatoms. The molecular weight excluding hydrogens is 261 g/mol. The third kappa shape index (κ3) is 2.28. The number of β-amino-alcohol motifs (C(OH)–C–C–N with tert-alkyl or cyclic N) is 1. The first-order valence-electron chi connectivity index (χ1n) is 5.42. The van der Waals surface area contributed by atoms with Gasteiger partial charge in [-0.1, -0.05) is 36.2 Å². The van der Waals surface area contributed by atoms with Crippen LogP contribution in [-0.4, -0.2) is 34.6 Å². The van der Waals surface area contributed by atoms with Gasteiger partial charge in [0.25, 0.3) is 5.91 Å². The summed E-state index contributed by atoms with van der Waals surface area (Å²) in [5, 5.41) is 10.5. The number of hydrogen-bond acceptors (Lipinski definition) is 2. The summed E-state index contributed by atoms with van der Waals surface area (Å²) in [4.78, 5) is 13.7. The molecule has 1 heterocycles. The highest BCUT2D eigenvalue weighted by Crippen LogP contribution is 2.30. The molecule has 1 fully saturated rings. The van der Waals surface area contributed by atoms with Gasteiger partial charge in [-0.15, -0.1) is 0 Å². The van der Waals surface area contributed by atoms with E-state index in [0.29, 0.717) is 35.1 Å². The Bertz CT molecular complexity index is 436. The number of rotatable bonds is 2. The Morgan fingerprint density at radius 3 is 2.41 bits per heavy atom. The van der Waals surface area contributed by atoms with Crippen molar-refractivity contribution in [2.75, 3.05) is 13.1 Å². The fraction of sp³-hybridized carbons (Fsp3) is 0.417. The van der Waals surface area contributed by atoms with Gasteiger partial charge in [-0.05, 0) is 18.6 Å². The number of likely N-dealkylation sites (tertiary alicyclic amines) is 1. The van der Waals surface area contributed by atoms with Crippen molar-refractivity contribution in [3.05, 3.63) is 33.8 Å². The Labute approximate surface area is 110 Å². The van der Waals surface area contributed by atoms with E-state index in [4.69, 9.17) is 23.2 Å². The van der Waals surface area contributed by atoms with Crippen molar-refractivity contribution in [1.82, 2.24) is 4.90 Å². The first kappa shape index (κ1) is 12.7. The number of aliphatic hydroxyl groups is 1. The summed E-state index contributed by atoms with van der Waals surface area (Å²) < 4.78 is 0. The maximum Gasteiger partial charge on any atom is 0.257 e. The molecule has 3 nitrogen and oxygen atoms in total. The van der Waals surface area contributed by atoms with E-state index in [1.807, 2.05) is 6.92 Å². The zero-order chi connectivity index (χ0) is 12.6. The van der Waals surface area contributed by atoms with Crippen molar-refractivity contribution in [2.24, 2.45) is 0 Å². The van der Waals surface area contributed by atoms with E-state index in [1.165, 1.54) is 0 Å². The average Bonchev–Trinajstić information content (AvgIpc) is 2.24. The molecule has 0 aromatic heterocycles. The molecule has 1 saturated heterocycles. The lowest BCUT2D eigenvalue weighted by Crippen LogP contribution is -2.63. The molecule has 1 aromatic rings. The van der Waals surface area contributed by atoms with Gasteiger partial charge in [0.05, 0.1) is 34.3 Å². The Morgan fingerprint density at radius 1 is 1.41 bits per heavy atom. The van der Waals surface area contributed by atoms with Gasteiger partial charge in [0.15, 0.2) is 0 Å². The summed E-state index contributed by atoms with van der Waals surface area (Å²) in [5.41, 5.74) is -0.433. The number of nitrogens with zero attached hydrogens (tertiary/aromatic N) is 1. The standard InChI is InChI=1S/C12H13Cl2NO2/c1-2-12(17)6-15(7-12)11(16)10-8(13)4-3-5-9(10)14/h3-5,17H,2,6-7H2,1H3. The zero-order valence-electron chi connectivity index (χ0n) is 9.41. The van der Waals surface area contributed by atoms with Gasteiger partial charge in [0, 0.05) is 0 Å². The highest BCUT2D eigenvalue weighted by molar-refractivity contribution is 6.39. The maximum atomic E-state index is 12.1. The second kappa shape index (κ2) is 4.48. The van der Waals surface area contributed by atoms with Crippen LogP contribution in [0.5, 0.6) is 0 Å².